The Labute approximate surface area is 708 Å². The molecule has 123 heavy (non-hydrogen) atoms. The van der Waals surface area contributed by atoms with Crippen LogP contribution in [-0.4, -0.2) is 228 Å². The number of rotatable bonds is 19. The van der Waals surface area contributed by atoms with Gasteiger partial charge in [0.25, 0.3) is 0 Å². The van der Waals surface area contributed by atoms with Gasteiger partial charge in [0, 0.05) is 53.5 Å². The lowest BCUT2D eigenvalue weighted by Crippen LogP contribution is -2.65. The monoisotopic (exact) mass is 1760 g/mol. The number of aliphatic carboxylic acids is 1. The molecule has 21 N–H and O–H groups in total. The van der Waals surface area contributed by atoms with Gasteiger partial charge < -0.3 is 143 Å². The van der Waals surface area contributed by atoms with Crippen molar-refractivity contribution < 1.29 is 141 Å². The van der Waals surface area contributed by atoms with E-state index < -0.39 is 260 Å². The van der Waals surface area contributed by atoms with Crippen molar-refractivity contribution in [2.45, 2.75) is 175 Å². The van der Waals surface area contributed by atoms with Gasteiger partial charge in [0.05, 0.1) is 41.3 Å². The number of fused-ring (bicyclic) bond motifs is 15. The standard InChI is InChI=1S/C81H90Cl2F3N11O26/c1-33(2)22-47(88-5)71(108)95-62-64(103)37-7-14-51(45(82)24-37)118-53-26-39-27-54(68(53)122-78-69(67(106)66(105)55(32-98)120-78)121-57-31-80(4,70(107)34(3)117-57)89-19-16-35-17-20-97(21-18-35)79(116)90-40-9-11-42(12-10-40)123-81(84,85)86)119-52-15-8-38(25-46(52)83)65(104)63-76(113)94-61(77(114)115)44-28-41(99)29-50(101)58(44)43-23-36(6-13-49(43)100)59(73(110)96-63)93-74(111)60(39)92-72(109)48(30-56(87)102)91-75(62)112/h6-15,17,23-29,33-34,47-48,55,57,59-67,69-70,78,88-89,98-101,103-107H,16,18-22,30-32H2,1-5H3,(H2,87,102)(H,90,116)(H,91,112)(H,92,109)(H,93,111)(H,94,113)(H,95,108)(H,96,110)(H,114,115)/t34-,47+,48?,55+,57-,59+,60?,61+,62+,63-,64+,65+,66+,67-,69+,70+,78-,80-/m0/s1. The summed E-state index contributed by atoms with van der Waals surface area (Å²) in [5.41, 5.74) is 2.58. The van der Waals surface area contributed by atoms with Gasteiger partial charge in [0.2, 0.25) is 53.4 Å². The van der Waals surface area contributed by atoms with E-state index in [9.17, 15) is 93.0 Å². The number of alkyl halides is 3. The third kappa shape index (κ3) is 20.8. The van der Waals surface area contributed by atoms with Crippen LogP contribution in [0, 0.1) is 5.92 Å². The molecular weight excluding hydrogens is 1670 g/mol. The number of phenols is 3. The zero-order valence-electron chi connectivity index (χ0n) is 66.1. The first-order chi connectivity index (χ1) is 58.2. The number of aliphatic hydroxyl groups is 6. The molecule has 0 aromatic heterocycles. The number of carboxylic acid groups (broad SMARTS) is 1. The molecule has 8 heterocycles. The number of nitrogens with two attached hydrogens (primary N) is 1. The number of carboxylic acids is 1. The van der Waals surface area contributed by atoms with Crippen molar-refractivity contribution >= 4 is 82.2 Å². The van der Waals surface area contributed by atoms with E-state index >= 15 is 14.4 Å². The average Bonchev–Trinajstić information content (AvgIpc) is 0.766. The van der Waals surface area contributed by atoms with Gasteiger partial charge in [0.1, 0.15) is 95.2 Å². The molecule has 9 amide bonds. The second kappa shape index (κ2) is 37.8. The number of halogens is 5. The summed E-state index contributed by atoms with van der Waals surface area (Å²) >= 11 is 14.3. The minimum atomic E-state index is -4.92. The Balaban J connectivity index is 0.973. The SMILES string of the molecule is CN[C@H](CC(C)C)C(=O)N[C@H]1C(=O)NC(CC(N)=O)C(=O)NC2C(=O)N[C@H]3C(=O)N[C@H](C(=O)N[C@@H](C(=O)O)c4cc(O)cc(O)c4-c4cc3ccc4O)[C@H](O)c3ccc(c(Cl)c3)Oc3cc2cc(c3O[C@@H]2O[C@H](CO)[C@@H](O)[C@H](O)[C@H]2O[C@H]2C[C@](C)(NCCC3=CCN(C(=O)Nc4ccc(OC(F)(F)F)cc4)CC3)[C@H](O)[C@H](C)O2)Oc2ccc(cc2Cl)[C@H]1O. The largest absolute Gasteiger partial charge is 0.573 e. The van der Waals surface area contributed by atoms with E-state index in [0.717, 1.165) is 84.4 Å². The van der Waals surface area contributed by atoms with Crippen molar-refractivity contribution in [1.29, 1.82) is 0 Å². The highest BCUT2D eigenvalue weighted by Gasteiger charge is 2.52. The van der Waals surface area contributed by atoms with Crippen LogP contribution in [-0.2, 0) is 52.6 Å². The van der Waals surface area contributed by atoms with E-state index in [-0.39, 0.29) is 66.5 Å². The van der Waals surface area contributed by atoms with Crippen LogP contribution in [0.4, 0.5) is 23.7 Å². The minimum Gasteiger partial charge on any atom is -0.508 e. The Hall–Kier alpha value is -11.4. The third-order valence-electron chi connectivity index (χ3n) is 21.6. The Kier molecular flexibility index (Phi) is 27.9. The van der Waals surface area contributed by atoms with Gasteiger partial charge in [-0.2, -0.15) is 0 Å². The number of benzene rings is 6. The molecule has 660 valence electrons. The zero-order valence-corrected chi connectivity index (χ0v) is 67.6. The number of carbonyl (C=O) groups is 9. The molecule has 18 atom stereocenters. The van der Waals surface area contributed by atoms with E-state index in [0.29, 0.717) is 12.8 Å². The fourth-order valence-corrected chi connectivity index (χ4v) is 15.7. The molecule has 0 saturated carbocycles. The quantitative estimate of drug-likeness (QED) is 0.0511. The maximum atomic E-state index is 16.2. The number of anilines is 1. The van der Waals surface area contributed by atoms with Gasteiger partial charge in [-0.15, -0.1) is 13.2 Å². The third-order valence-corrected chi connectivity index (χ3v) is 22.2. The second-order valence-corrected chi connectivity index (χ2v) is 31.7. The van der Waals surface area contributed by atoms with Crippen LogP contribution < -0.4 is 72.5 Å². The van der Waals surface area contributed by atoms with Crippen molar-refractivity contribution in [2.24, 2.45) is 11.7 Å². The number of urea groups is 1. The maximum absolute atomic E-state index is 16.2. The van der Waals surface area contributed by atoms with E-state index in [1.807, 2.05) is 6.08 Å². The molecule has 6 aromatic carbocycles. The molecule has 6 aromatic rings. The number of amides is 9. The predicted octanol–water partition coefficient (Wildman–Crippen LogP) is 3.89. The molecular formula is C81H90Cl2F3N11O26. The number of hydrogen-bond acceptors (Lipinski definition) is 27. The summed E-state index contributed by atoms with van der Waals surface area (Å²) in [5.74, 6) is -16.9. The molecule has 2 saturated heterocycles. The van der Waals surface area contributed by atoms with Crippen LogP contribution in [0.25, 0.3) is 11.1 Å². The number of aromatic hydroxyl groups is 3. The van der Waals surface area contributed by atoms with Crippen molar-refractivity contribution in [1.82, 2.24) is 47.4 Å². The number of primary amides is 1. The lowest BCUT2D eigenvalue weighted by atomic mass is 9.84. The minimum absolute atomic E-state index is 0.126. The van der Waals surface area contributed by atoms with Crippen LogP contribution in [0.3, 0.4) is 0 Å². The highest BCUT2D eigenvalue weighted by molar-refractivity contribution is 6.32. The number of nitrogens with one attached hydrogen (secondary N) is 9. The summed E-state index contributed by atoms with van der Waals surface area (Å²) < 4.78 is 81.6. The Morgan fingerprint density at radius 1 is 0.732 bits per heavy atom. The van der Waals surface area contributed by atoms with Crippen molar-refractivity contribution in [3.63, 3.8) is 0 Å². The van der Waals surface area contributed by atoms with Crippen LogP contribution in [0.5, 0.6) is 51.7 Å². The number of aliphatic hydroxyl groups excluding tert-OH is 6. The Bertz CT molecular complexity index is 5080. The van der Waals surface area contributed by atoms with Crippen molar-refractivity contribution in [3.05, 3.63) is 153 Å². The summed E-state index contributed by atoms with van der Waals surface area (Å²) in [6.45, 7) is 6.39. The van der Waals surface area contributed by atoms with Gasteiger partial charge in [-0.25, -0.2) is 9.59 Å². The lowest BCUT2D eigenvalue weighted by Gasteiger charge is -2.48. The molecule has 0 spiro atoms. The molecule has 2 unspecified atom stereocenters. The van der Waals surface area contributed by atoms with Crippen LogP contribution in [0.15, 0.2) is 115 Å². The number of hydrogen-bond donors (Lipinski definition) is 20. The molecule has 37 nitrogen and oxygen atoms in total. The van der Waals surface area contributed by atoms with Crippen LogP contribution in [0.1, 0.15) is 118 Å². The van der Waals surface area contributed by atoms with Crippen molar-refractivity contribution in [2.75, 3.05) is 38.6 Å². The summed E-state index contributed by atoms with van der Waals surface area (Å²) in [4.78, 5) is 133. The fourth-order valence-electron chi connectivity index (χ4n) is 15.2. The van der Waals surface area contributed by atoms with Gasteiger partial charge in [-0.1, -0.05) is 66.9 Å². The van der Waals surface area contributed by atoms with Gasteiger partial charge in [0.15, 0.2) is 29.9 Å². The average molecular weight is 1760 g/mol. The molecule has 14 rings (SSSR count). The molecule has 11 bridgehead atoms. The van der Waals surface area contributed by atoms with Gasteiger partial charge >= 0.3 is 18.4 Å². The Morgan fingerprint density at radius 2 is 1.37 bits per heavy atom. The lowest BCUT2D eigenvalue weighted by molar-refractivity contribution is -0.334. The van der Waals surface area contributed by atoms with E-state index in [1.54, 1.807) is 20.8 Å². The first-order valence-electron chi connectivity index (χ1n) is 38.7. The molecule has 42 heteroatoms. The zero-order chi connectivity index (χ0) is 89.1. The first-order valence-corrected chi connectivity index (χ1v) is 39.5. The summed E-state index contributed by atoms with van der Waals surface area (Å²) in [6, 6.07) is 2.96. The van der Waals surface area contributed by atoms with E-state index in [1.165, 1.54) is 43.1 Å². The topological polar surface area (TPSA) is 558 Å². The number of ether oxygens (including phenoxy) is 7. The number of carbonyl (C=O) groups excluding carboxylic acids is 8. The van der Waals surface area contributed by atoms with Crippen LogP contribution in [0.2, 0.25) is 10.0 Å². The van der Waals surface area contributed by atoms with E-state index in [4.69, 9.17) is 57.4 Å². The van der Waals surface area contributed by atoms with Crippen molar-refractivity contribution in [3.8, 4) is 62.9 Å². The second-order valence-electron chi connectivity index (χ2n) is 30.9. The normalized spacial score (nSPS) is 27.0. The molecule has 2 fully saturated rings. The summed E-state index contributed by atoms with van der Waals surface area (Å²) in [5, 5.41) is 139. The number of nitrogens with zero attached hydrogens (tertiary/aromatic N) is 1. The molecule has 0 aliphatic carbocycles. The van der Waals surface area contributed by atoms with Gasteiger partial charge in [-0.3, -0.25) is 33.6 Å². The molecule has 8 aliphatic rings. The predicted molar refractivity (Wildman–Crippen MR) is 424 cm³/mol. The van der Waals surface area contributed by atoms with Crippen LogP contribution >= 0.6 is 23.2 Å². The van der Waals surface area contributed by atoms with E-state index in [2.05, 4.69) is 52.6 Å². The number of likely N-dealkylation sites (N-methyl/N-ethyl adjacent to an activating group) is 1. The maximum Gasteiger partial charge on any atom is 0.573 e. The summed E-state index contributed by atoms with van der Waals surface area (Å²) in [6.07, 6.45) is -21.6. The fraction of sp³-hybridized carbons (Fsp3) is 0.420. The molecule has 8 aliphatic heterocycles. The van der Waals surface area contributed by atoms with Gasteiger partial charge in [-0.05, 0) is 154 Å². The Morgan fingerprint density at radius 3 is 1.97 bits per heavy atom. The smallest absolute Gasteiger partial charge is 0.508 e. The highest BCUT2D eigenvalue weighted by Crippen LogP contribution is 2.50. The number of phenolic OH excluding ortho intramolecular Hbond substituents is 3. The highest BCUT2D eigenvalue weighted by atomic mass is 35.5. The molecule has 0 radical (unpaired) electrons. The first kappa shape index (κ1) is 90.8. The summed E-state index contributed by atoms with van der Waals surface area (Å²) in [7, 11) is 1.46.